The maximum Gasteiger partial charge on any atom is 0.115 e. The quantitative estimate of drug-likeness (QED) is 0.160. The standard InChI is InChI=1S/C32H48N2S4Si4/c1-39(2)21-22-40(3,4)33(39)19-17-25-9-11-27(35-25)29-13-15-31(37-29)32-16-14-30(38-32)28-12-10-26(36-28)18-20-34-41(5,6)23-24-42(34,7)8/h9-16H,17-24H2,1-8H3. The van der Waals surface area contributed by atoms with Crippen LogP contribution in [0.3, 0.4) is 0 Å². The second kappa shape index (κ2) is 11.7. The second-order valence-corrected chi connectivity index (χ2v) is 39.0. The summed E-state index contributed by atoms with van der Waals surface area (Å²) in [5.41, 5.74) is 0. The van der Waals surface area contributed by atoms with E-state index in [0.29, 0.717) is 0 Å². The van der Waals surface area contributed by atoms with Gasteiger partial charge in [-0.05, 0) is 98.6 Å². The van der Waals surface area contributed by atoms with Crippen molar-refractivity contribution in [3.63, 3.8) is 0 Å². The Hall–Kier alpha value is -0.412. The van der Waals surface area contributed by atoms with E-state index in [1.54, 1.807) is 9.75 Å². The van der Waals surface area contributed by atoms with E-state index in [1.807, 2.05) is 45.3 Å². The molecule has 0 saturated carbocycles. The van der Waals surface area contributed by atoms with E-state index in [2.05, 4.69) is 109 Å². The van der Waals surface area contributed by atoms with E-state index >= 15 is 0 Å². The first-order chi connectivity index (χ1) is 19.7. The van der Waals surface area contributed by atoms with Gasteiger partial charge in [0.2, 0.25) is 0 Å². The highest BCUT2D eigenvalue weighted by molar-refractivity contribution is 7.28. The van der Waals surface area contributed by atoms with E-state index in [-0.39, 0.29) is 0 Å². The van der Waals surface area contributed by atoms with Crippen molar-refractivity contribution in [3.05, 3.63) is 58.3 Å². The van der Waals surface area contributed by atoms with Crippen molar-refractivity contribution < 1.29 is 0 Å². The molecule has 0 unspecified atom stereocenters. The van der Waals surface area contributed by atoms with Gasteiger partial charge in [-0.2, -0.15) is 0 Å². The Bertz CT molecular complexity index is 1400. The third-order valence-corrected chi connectivity index (χ3v) is 36.0. The van der Waals surface area contributed by atoms with Gasteiger partial charge in [0.1, 0.15) is 32.9 Å². The smallest absolute Gasteiger partial charge is 0.115 e. The maximum atomic E-state index is 3.02. The highest BCUT2D eigenvalue weighted by Crippen LogP contribution is 2.44. The molecular formula is C32H48N2S4Si4. The molecule has 0 amide bonds. The summed E-state index contributed by atoms with van der Waals surface area (Å²) in [6.45, 7) is 23.3. The Kier molecular flexibility index (Phi) is 8.83. The molecule has 2 aliphatic heterocycles. The predicted molar refractivity (Wildman–Crippen MR) is 204 cm³/mol. The zero-order chi connectivity index (χ0) is 29.9. The molecule has 0 atom stereocenters. The molecule has 226 valence electrons. The monoisotopic (exact) mass is 700 g/mol. The molecule has 0 radical (unpaired) electrons. The van der Waals surface area contributed by atoms with Crippen molar-refractivity contribution in [1.29, 1.82) is 0 Å². The van der Waals surface area contributed by atoms with Crippen LogP contribution < -0.4 is 0 Å². The van der Waals surface area contributed by atoms with Gasteiger partial charge in [-0.3, -0.25) is 0 Å². The van der Waals surface area contributed by atoms with Crippen LogP contribution in [0.15, 0.2) is 48.5 Å². The molecule has 0 aromatic carbocycles. The van der Waals surface area contributed by atoms with Crippen LogP contribution in [0.1, 0.15) is 9.75 Å². The molecule has 4 aromatic rings. The minimum atomic E-state index is -1.19. The Labute approximate surface area is 274 Å². The number of rotatable bonds is 9. The van der Waals surface area contributed by atoms with E-state index in [0.717, 1.165) is 0 Å². The van der Waals surface area contributed by atoms with Crippen LogP contribution in [0.2, 0.25) is 76.6 Å². The van der Waals surface area contributed by atoms with Crippen LogP contribution in [0, 0.1) is 0 Å². The van der Waals surface area contributed by atoms with E-state index in [1.165, 1.54) is 79.4 Å². The molecule has 2 aliphatic rings. The topological polar surface area (TPSA) is 6.48 Å². The Balaban J connectivity index is 1.08. The highest BCUT2D eigenvalue weighted by Gasteiger charge is 2.47. The van der Waals surface area contributed by atoms with Crippen LogP contribution in [0.5, 0.6) is 0 Å². The molecule has 42 heavy (non-hydrogen) atoms. The van der Waals surface area contributed by atoms with Gasteiger partial charge in [0.05, 0.1) is 0 Å². The zero-order valence-electron chi connectivity index (χ0n) is 26.8. The van der Waals surface area contributed by atoms with Crippen molar-refractivity contribution in [3.8, 4) is 29.3 Å². The largest absolute Gasteiger partial charge is 0.345 e. The molecule has 2 fully saturated rings. The summed E-state index contributed by atoms with van der Waals surface area (Å²) in [5, 5.41) is 0. The maximum absolute atomic E-state index is 3.02. The van der Waals surface area contributed by atoms with Gasteiger partial charge in [-0.1, -0.05) is 52.4 Å². The minimum absolute atomic E-state index is 1.19. The van der Waals surface area contributed by atoms with Gasteiger partial charge < -0.3 is 8.46 Å². The summed E-state index contributed by atoms with van der Waals surface area (Å²) >= 11 is 7.96. The average molecular weight is 701 g/mol. The number of nitrogens with zero attached hydrogens (tertiary/aromatic N) is 2. The average Bonchev–Trinajstić information content (AvgIpc) is 3.73. The fourth-order valence-electron chi connectivity index (χ4n) is 7.55. The molecule has 0 aliphatic carbocycles. The summed E-state index contributed by atoms with van der Waals surface area (Å²) in [5.74, 6) is 0. The van der Waals surface area contributed by atoms with Crippen LogP contribution >= 0.6 is 45.3 Å². The highest BCUT2D eigenvalue weighted by atomic mass is 32.1. The molecular weight excluding hydrogens is 653 g/mol. The molecule has 6 heterocycles. The molecule has 10 heteroatoms. The Morgan fingerprint density at radius 1 is 0.429 bits per heavy atom. The van der Waals surface area contributed by atoms with E-state index in [4.69, 9.17) is 0 Å². The lowest BCUT2D eigenvalue weighted by molar-refractivity contribution is 0.626. The summed E-state index contributed by atoms with van der Waals surface area (Å²) in [6.07, 6.45) is 2.43. The summed E-state index contributed by atoms with van der Waals surface area (Å²) in [4.78, 5) is 11.6. The minimum Gasteiger partial charge on any atom is -0.345 e. The van der Waals surface area contributed by atoms with Crippen LogP contribution in [0.25, 0.3) is 29.3 Å². The van der Waals surface area contributed by atoms with E-state index in [9.17, 15) is 0 Å². The van der Waals surface area contributed by atoms with Gasteiger partial charge in [-0.25, -0.2) is 0 Å². The molecule has 4 aromatic heterocycles. The molecule has 0 spiro atoms. The lowest BCUT2D eigenvalue weighted by Gasteiger charge is -2.38. The fourth-order valence-corrected chi connectivity index (χ4v) is 40.0. The molecule has 0 N–H and O–H groups in total. The summed E-state index contributed by atoms with van der Waals surface area (Å²) < 4.78 is 6.04. The van der Waals surface area contributed by atoms with Gasteiger partial charge in [0.15, 0.2) is 0 Å². The van der Waals surface area contributed by atoms with Crippen molar-refractivity contribution in [2.45, 2.75) is 89.4 Å². The Morgan fingerprint density at radius 2 is 0.690 bits per heavy atom. The summed E-state index contributed by atoms with van der Waals surface area (Å²) in [6, 6.07) is 24.9. The fraction of sp³-hybridized carbons (Fsp3) is 0.500. The van der Waals surface area contributed by atoms with E-state index < -0.39 is 32.9 Å². The first kappa shape index (κ1) is 31.6. The molecule has 2 nitrogen and oxygen atoms in total. The van der Waals surface area contributed by atoms with Crippen molar-refractivity contribution in [2.75, 3.05) is 13.1 Å². The van der Waals surface area contributed by atoms with Crippen LogP contribution in [-0.4, -0.2) is 54.5 Å². The number of thiophene rings is 4. The van der Waals surface area contributed by atoms with Gasteiger partial charge >= 0.3 is 0 Å². The third kappa shape index (κ3) is 6.45. The van der Waals surface area contributed by atoms with Crippen molar-refractivity contribution in [2.24, 2.45) is 0 Å². The molecule has 2 saturated heterocycles. The lowest BCUT2D eigenvalue weighted by atomic mass is 10.3. The second-order valence-electron chi connectivity index (χ2n) is 14.9. The normalized spacial score (nSPS) is 21.4. The lowest BCUT2D eigenvalue weighted by Crippen LogP contribution is -2.55. The van der Waals surface area contributed by atoms with Crippen LogP contribution in [0.4, 0.5) is 0 Å². The SMILES string of the molecule is C[Si]1(C)CC[Si](C)(C)N1CCc1ccc(-c2ccc(-c3ccc(-c4ccc(CCN5[Si](C)(C)CC[Si]5(C)C)s4)s3)s2)s1. The predicted octanol–water partition coefficient (Wildman–Crippen LogP) is 11.5. The number of hydrogen-bond acceptors (Lipinski definition) is 6. The van der Waals surface area contributed by atoms with Crippen molar-refractivity contribution >= 4 is 78.3 Å². The van der Waals surface area contributed by atoms with Gasteiger partial charge in [0, 0.05) is 39.0 Å². The first-order valence-corrected chi connectivity index (χ1v) is 31.6. The molecule has 0 bridgehead atoms. The van der Waals surface area contributed by atoms with Crippen LogP contribution in [-0.2, 0) is 12.8 Å². The number of hydrogen-bond donors (Lipinski definition) is 0. The van der Waals surface area contributed by atoms with Crippen molar-refractivity contribution in [1.82, 2.24) is 8.46 Å². The first-order valence-electron chi connectivity index (χ1n) is 15.7. The van der Waals surface area contributed by atoms with Gasteiger partial charge in [-0.15, -0.1) is 45.3 Å². The zero-order valence-corrected chi connectivity index (χ0v) is 34.1. The third-order valence-electron chi connectivity index (χ3n) is 10.0. The van der Waals surface area contributed by atoms with Gasteiger partial charge in [0.25, 0.3) is 0 Å². The summed E-state index contributed by atoms with van der Waals surface area (Å²) in [7, 11) is -4.75. The Morgan fingerprint density at radius 3 is 1.00 bits per heavy atom. The molecule has 6 rings (SSSR count).